The predicted octanol–water partition coefficient (Wildman–Crippen LogP) is 4.03. The molecule has 242 valence electrons. The first-order chi connectivity index (χ1) is 21.7. The maximum absolute atomic E-state index is 13.9. The normalized spacial score (nSPS) is 22.2. The van der Waals surface area contributed by atoms with E-state index in [0.717, 1.165) is 29.8 Å². The average Bonchev–Trinajstić information content (AvgIpc) is 3.38. The number of aliphatic hydroxyl groups is 1. The van der Waals surface area contributed by atoms with Gasteiger partial charge in [0.2, 0.25) is 0 Å². The Morgan fingerprint density at radius 2 is 1.31 bits per heavy atom. The molecule has 0 radical (unpaired) electrons. The molecule has 5 rings (SSSR count). The second-order valence-corrected chi connectivity index (χ2v) is 12.4. The van der Waals surface area contributed by atoms with Gasteiger partial charge < -0.3 is 38.6 Å². The highest BCUT2D eigenvalue weighted by Crippen LogP contribution is 2.39. The van der Waals surface area contributed by atoms with Crippen LogP contribution < -0.4 is 0 Å². The molecule has 2 aliphatic rings. The van der Waals surface area contributed by atoms with E-state index in [4.69, 9.17) is 23.7 Å². The Hall–Kier alpha value is -3.15. The molecule has 1 N–H and O–H groups in total. The van der Waals surface area contributed by atoms with Gasteiger partial charge >= 0.3 is 0 Å². The highest BCUT2D eigenvalue weighted by atomic mass is 16.8. The summed E-state index contributed by atoms with van der Waals surface area (Å²) in [5.41, 5.74) is 1.65. The van der Waals surface area contributed by atoms with Gasteiger partial charge in [0.05, 0.1) is 33.0 Å². The lowest BCUT2D eigenvalue weighted by molar-refractivity contribution is -0.244. The molecule has 0 spiro atoms. The number of rotatable bonds is 14. The van der Waals surface area contributed by atoms with E-state index in [1.807, 2.05) is 112 Å². The molecule has 3 aromatic rings. The van der Waals surface area contributed by atoms with Crippen molar-refractivity contribution in [2.24, 2.45) is 0 Å². The second kappa shape index (κ2) is 15.4. The molecule has 0 bridgehead atoms. The number of hydrogen-bond donors (Lipinski definition) is 1. The smallest absolute Gasteiger partial charge is 0.254 e. The minimum atomic E-state index is -1.52. The Bertz CT molecular complexity index is 1320. The quantitative estimate of drug-likeness (QED) is 0.290. The van der Waals surface area contributed by atoms with Gasteiger partial charge in [-0.25, -0.2) is 0 Å². The number of likely N-dealkylation sites (N-methyl/N-ethyl adjacent to an activating group) is 1. The zero-order chi connectivity index (χ0) is 31.7. The minimum Gasteiger partial charge on any atom is -0.380 e. The van der Waals surface area contributed by atoms with E-state index in [9.17, 15) is 9.90 Å². The largest absolute Gasteiger partial charge is 0.380 e. The molecule has 1 unspecified atom stereocenters. The summed E-state index contributed by atoms with van der Waals surface area (Å²) in [5.74, 6) is -1.35. The van der Waals surface area contributed by atoms with Crippen molar-refractivity contribution in [3.8, 4) is 0 Å². The maximum Gasteiger partial charge on any atom is 0.254 e. The molecule has 0 aliphatic carbocycles. The number of carbonyl (C=O) groups is 1. The fourth-order valence-electron chi connectivity index (χ4n) is 5.83. The Balaban J connectivity index is 1.48. The van der Waals surface area contributed by atoms with Crippen LogP contribution in [0.3, 0.4) is 0 Å². The van der Waals surface area contributed by atoms with Gasteiger partial charge in [-0.1, -0.05) is 91.0 Å². The van der Waals surface area contributed by atoms with Crippen LogP contribution in [0.4, 0.5) is 0 Å². The van der Waals surface area contributed by atoms with E-state index in [0.29, 0.717) is 19.7 Å². The highest BCUT2D eigenvalue weighted by molar-refractivity contribution is 5.81. The zero-order valence-electron chi connectivity index (χ0n) is 26.5. The molecule has 1 amide bonds. The molecule has 45 heavy (non-hydrogen) atoms. The molecule has 3 aromatic carbocycles. The van der Waals surface area contributed by atoms with E-state index in [1.165, 1.54) is 0 Å². The topological polar surface area (TPSA) is 89.9 Å². The lowest BCUT2D eigenvalue weighted by Crippen LogP contribution is -2.62. The minimum absolute atomic E-state index is 0.0887. The number of hydrogen-bond acceptors (Lipinski definition) is 8. The first-order valence-corrected chi connectivity index (χ1v) is 15.7. The van der Waals surface area contributed by atoms with Gasteiger partial charge in [0.15, 0.2) is 11.9 Å². The summed E-state index contributed by atoms with van der Waals surface area (Å²) in [6, 6.07) is 29.3. The molecule has 0 saturated carbocycles. The SMILES string of the molecule is CN1CCN(C(=O)[C@H](O)[C@@H](OCc2ccccc2)[C@H](OCc2ccccc2)C2(COCc3ccccc3)COC(C)(C)O2)CC1. The van der Waals surface area contributed by atoms with Crippen LogP contribution in [0.25, 0.3) is 0 Å². The number of aliphatic hydroxyl groups excluding tert-OH is 1. The third-order valence-electron chi connectivity index (χ3n) is 8.32. The highest BCUT2D eigenvalue weighted by Gasteiger charge is 2.57. The molecule has 4 atom stereocenters. The summed E-state index contributed by atoms with van der Waals surface area (Å²) in [6.07, 6.45) is -3.56. The summed E-state index contributed by atoms with van der Waals surface area (Å²) in [5, 5.41) is 11.9. The summed E-state index contributed by atoms with van der Waals surface area (Å²) in [7, 11) is 2.02. The van der Waals surface area contributed by atoms with Crippen molar-refractivity contribution in [3.63, 3.8) is 0 Å². The van der Waals surface area contributed by atoms with Crippen LogP contribution in [-0.2, 0) is 48.3 Å². The van der Waals surface area contributed by atoms with Gasteiger partial charge in [-0.3, -0.25) is 4.79 Å². The Morgan fingerprint density at radius 1 is 0.800 bits per heavy atom. The predicted molar refractivity (Wildman–Crippen MR) is 170 cm³/mol. The molecule has 0 aromatic heterocycles. The summed E-state index contributed by atoms with van der Waals surface area (Å²) in [6.45, 7) is 7.09. The van der Waals surface area contributed by atoms with Gasteiger partial charge in [0.1, 0.15) is 17.8 Å². The number of carbonyl (C=O) groups excluding carboxylic acids is 1. The monoisotopic (exact) mass is 618 g/mol. The van der Waals surface area contributed by atoms with Crippen molar-refractivity contribution in [2.45, 2.75) is 63.4 Å². The maximum atomic E-state index is 13.9. The molecule has 9 heteroatoms. The van der Waals surface area contributed by atoms with Crippen molar-refractivity contribution in [1.29, 1.82) is 0 Å². The zero-order valence-corrected chi connectivity index (χ0v) is 26.5. The molecule has 2 heterocycles. The molecule has 9 nitrogen and oxygen atoms in total. The van der Waals surface area contributed by atoms with Gasteiger partial charge in [0.25, 0.3) is 5.91 Å². The lowest BCUT2D eigenvalue weighted by atomic mass is 9.90. The third-order valence-corrected chi connectivity index (χ3v) is 8.32. The van der Waals surface area contributed by atoms with Gasteiger partial charge in [0, 0.05) is 26.2 Å². The van der Waals surface area contributed by atoms with Gasteiger partial charge in [-0.15, -0.1) is 0 Å². The van der Waals surface area contributed by atoms with Crippen LogP contribution in [-0.4, -0.2) is 97.0 Å². The van der Waals surface area contributed by atoms with Crippen molar-refractivity contribution >= 4 is 5.91 Å². The summed E-state index contributed by atoms with van der Waals surface area (Å²) in [4.78, 5) is 17.8. The third kappa shape index (κ3) is 8.98. The number of ether oxygens (including phenoxy) is 5. The lowest BCUT2D eigenvalue weighted by Gasteiger charge is -2.42. The number of amides is 1. The first kappa shape index (κ1) is 33.2. The van der Waals surface area contributed by atoms with Crippen LogP contribution in [0, 0.1) is 0 Å². The Morgan fingerprint density at radius 3 is 1.82 bits per heavy atom. The summed E-state index contributed by atoms with van der Waals surface area (Å²) < 4.78 is 32.3. The van der Waals surface area contributed by atoms with Crippen LogP contribution in [0.1, 0.15) is 30.5 Å². The van der Waals surface area contributed by atoms with Crippen molar-refractivity contribution in [3.05, 3.63) is 108 Å². The number of piperazine rings is 1. The van der Waals surface area contributed by atoms with Crippen LogP contribution >= 0.6 is 0 Å². The van der Waals surface area contributed by atoms with E-state index in [-0.39, 0.29) is 26.4 Å². The van der Waals surface area contributed by atoms with Crippen molar-refractivity contribution in [1.82, 2.24) is 9.80 Å². The van der Waals surface area contributed by atoms with E-state index < -0.39 is 35.6 Å². The van der Waals surface area contributed by atoms with Crippen LogP contribution in [0.15, 0.2) is 91.0 Å². The molecule has 2 saturated heterocycles. The first-order valence-electron chi connectivity index (χ1n) is 15.7. The Labute approximate surface area is 266 Å². The Kier molecular flexibility index (Phi) is 11.4. The molecule has 2 fully saturated rings. The van der Waals surface area contributed by atoms with E-state index in [1.54, 1.807) is 4.90 Å². The van der Waals surface area contributed by atoms with Crippen LogP contribution in [0.2, 0.25) is 0 Å². The van der Waals surface area contributed by atoms with Gasteiger partial charge in [-0.2, -0.15) is 0 Å². The fourth-order valence-corrected chi connectivity index (χ4v) is 5.83. The van der Waals surface area contributed by atoms with E-state index >= 15 is 0 Å². The number of nitrogens with zero attached hydrogens (tertiary/aromatic N) is 2. The van der Waals surface area contributed by atoms with Gasteiger partial charge in [-0.05, 0) is 37.6 Å². The molecular weight excluding hydrogens is 572 g/mol. The standard InChI is InChI=1S/C36H46N2O7/c1-35(2)44-27-36(45-35,26-41-23-28-13-7-4-8-14-28)33(43-25-30-17-11-6-12-18-30)32(42-24-29-15-9-5-10-16-29)31(39)34(40)38-21-19-37(3)20-22-38/h4-18,31-33,39H,19-27H2,1-3H3/t31-,32-,33+,36?/m1/s1. The van der Waals surface area contributed by atoms with Crippen molar-refractivity contribution < 1.29 is 33.6 Å². The molecular formula is C36H46N2O7. The summed E-state index contributed by atoms with van der Waals surface area (Å²) >= 11 is 0. The number of benzene rings is 3. The van der Waals surface area contributed by atoms with Crippen molar-refractivity contribution in [2.75, 3.05) is 46.4 Å². The molecule has 2 aliphatic heterocycles. The average molecular weight is 619 g/mol. The fraction of sp³-hybridized carbons (Fsp3) is 0.472. The second-order valence-electron chi connectivity index (χ2n) is 12.4. The van der Waals surface area contributed by atoms with E-state index in [2.05, 4.69) is 4.90 Å². The van der Waals surface area contributed by atoms with Crippen LogP contribution in [0.5, 0.6) is 0 Å².